The number of benzene rings is 2. The van der Waals surface area contributed by atoms with Gasteiger partial charge >= 0.3 is 5.97 Å². The number of ether oxygens (including phenoxy) is 1. The summed E-state index contributed by atoms with van der Waals surface area (Å²) in [6.07, 6.45) is 0.880. The average Bonchev–Trinajstić information content (AvgIpc) is 2.57. The molecular formula is C20H24O3. The molecule has 0 bridgehead atoms. The van der Waals surface area contributed by atoms with Gasteiger partial charge in [0.25, 0.3) is 0 Å². The van der Waals surface area contributed by atoms with Crippen molar-refractivity contribution in [2.24, 2.45) is 5.92 Å². The molecular weight excluding hydrogens is 288 g/mol. The van der Waals surface area contributed by atoms with Crippen LogP contribution in [0.5, 0.6) is 5.75 Å². The van der Waals surface area contributed by atoms with Gasteiger partial charge in [0.15, 0.2) is 0 Å². The van der Waals surface area contributed by atoms with E-state index in [9.17, 15) is 9.90 Å². The molecule has 0 aliphatic carbocycles. The zero-order chi connectivity index (χ0) is 16.8. The number of aliphatic hydroxyl groups is 1. The van der Waals surface area contributed by atoms with E-state index in [-0.39, 0.29) is 24.4 Å². The average molecular weight is 312 g/mol. The molecule has 0 aromatic heterocycles. The highest BCUT2D eigenvalue weighted by Gasteiger charge is 2.20. The van der Waals surface area contributed by atoms with Crippen molar-refractivity contribution < 1.29 is 14.6 Å². The molecule has 0 aliphatic heterocycles. The van der Waals surface area contributed by atoms with Gasteiger partial charge in [0, 0.05) is 11.5 Å². The lowest BCUT2D eigenvalue weighted by Gasteiger charge is -2.20. The Hall–Kier alpha value is -2.13. The van der Waals surface area contributed by atoms with Gasteiger partial charge in [-0.05, 0) is 29.7 Å². The molecule has 2 aromatic carbocycles. The third-order valence-electron chi connectivity index (χ3n) is 3.92. The number of carbonyl (C=O) groups excluding carboxylic acids is 1. The Labute approximate surface area is 137 Å². The SMILES string of the molecule is CC[C@H](c1ccccc1)c1cc(CO)ccc1OC(=O)C(C)C. The van der Waals surface area contributed by atoms with Gasteiger partial charge in [-0.25, -0.2) is 0 Å². The largest absolute Gasteiger partial charge is 0.426 e. The van der Waals surface area contributed by atoms with Gasteiger partial charge in [-0.15, -0.1) is 0 Å². The third-order valence-corrected chi connectivity index (χ3v) is 3.92. The van der Waals surface area contributed by atoms with Crippen molar-refractivity contribution in [3.05, 3.63) is 65.2 Å². The normalized spacial score (nSPS) is 12.2. The Morgan fingerprint density at radius 1 is 1.13 bits per heavy atom. The van der Waals surface area contributed by atoms with Crippen molar-refractivity contribution in [2.45, 2.75) is 39.7 Å². The molecule has 3 heteroatoms. The fourth-order valence-corrected chi connectivity index (χ4v) is 2.61. The van der Waals surface area contributed by atoms with Gasteiger partial charge in [-0.1, -0.05) is 57.2 Å². The second-order valence-electron chi connectivity index (χ2n) is 5.98. The smallest absolute Gasteiger partial charge is 0.313 e. The molecule has 1 atom stereocenters. The van der Waals surface area contributed by atoms with E-state index in [2.05, 4.69) is 19.1 Å². The predicted molar refractivity (Wildman–Crippen MR) is 91.4 cm³/mol. The summed E-state index contributed by atoms with van der Waals surface area (Å²) in [5.74, 6) is 0.275. The number of rotatable bonds is 6. The van der Waals surface area contributed by atoms with Crippen molar-refractivity contribution >= 4 is 5.97 Å². The molecule has 1 N–H and O–H groups in total. The molecule has 2 rings (SSSR count). The Morgan fingerprint density at radius 3 is 2.39 bits per heavy atom. The first-order chi connectivity index (χ1) is 11.1. The Morgan fingerprint density at radius 2 is 1.83 bits per heavy atom. The first-order valence-corrected chi connectivity index (χ1v) is 8.07. The van der Waals surface area contributed by atoms with Gasteiger partial charge in [0.05, 0.1) is 12.5 Å². The van der Waals surface area contributed by atoms with Gasteiger partial charge in [0.2, 0.25) is 0 Å². The molecule has 0 aliphatic rings. The quantitative estimate of drug-likeness (QED) is 0.639. The van der Waals surface area contributed by atoms with Gasteiger partial charge in [0.1, 0.15) is 5.75 Å². The monoisotopic (exact) mass is 312 g/mol. The molecule has 0 amide bonds. The first-order valence-electron chi connectivity index (χ1n) is 8.07. The molecule has 3 nitrogen and oxygen atoms in total. The van der Waals surface area contributed by atoms with Crippen molar-refractivity contribution in [3.63, 3.8) is 0 Å². The number of hydrogen-bond donors (Lipinski definition) is 1. The summed E-state index contributed by atoms with van der Waals surface area (Å²) in [6, 6.07) is 15.7. The highest BCUT2D eigenvalue weighted by Crippen LogP contribution is 2.35. The van der Waals surface area contributed by atoms with E-state index in [0.29, 0.717) is 5.75 Å². The molecule has 0 fully saturated rings. The van der Waals surface area contributed by atoms with Gasteiger partial charge in [-0.3, -0.25) is 4.79 Å². The van der Waals surface area contributed by atoms with E-state index < -0.39 is 0 Å². The summed E-state index contributed by atoms with van der Waals surface area (Å²) in [5, 5.41) is 9.44. The number of hydrogen-bond acceptors (Lipinski definition) is 3. The van der Waals surface area contributed by atoms with Crippen LogP contribution in [0, 0.1) is 5.92 Å². The third kappa shape index (κ3) is 4.20. The summed E-state index contributed by atoms with van der Waals surface area (Å²) in [6.45, 7) is 5.71. The second-order valence-corrected chi connectivity index (χ2v) is 5.98. The van der Waals surface area contributed by atoms with E-state index in [1.165, 1.54) is 5.56 Å². The summed E-state index contributed by atoms with van der Waals surface area (Å²) in [7, 11) is 0. The van der Waals surface area contributed by atoms with Crippen LogP contribution >= 0.6 is 0 Å². The Bertz CT molecular complexity index is 647. The minimum Gasteiger partial charge on any atom is -0.426 e. The van der Waals surface area contributed by atoms with Crippen LogP contribution in [0.4, 0.5) is 0 Å². The van der Waals surface area contributed by atoms with Crippen molar-refractivity contribution in [1.82, 2.24) is 0 Å². The first kappa shape index (κ1) is 17.2. The van der Waals surface area contributed by atoms with Crippen LogP contribution in [0.15, 0.2) is 48.5 Å². The zero-order valence-electron chi connectivity index (χ0n) is 14.0. The topological polar surface area (TPSA) is 46.5 Å². The molecule has 0 spiro atoms. The summed E-state index contributed by atoms with van der Waals surface area (Å²) >= 11 is 0. The lowest BCUT2D eigenvalue weighted by molar-refractivity contribution is -0.137. The fraction of sp³-hybridized carbons (Fsp3) is 0.350. The molecule has 0 saturated heterocycles. The molecule has 2 aromatic rings. The molecule has 0 unspecified atom stereocenters. The summed E-state index contributed by atoms with van der Waals surface area (Å²) in [5.41, 5.74) is 2.94. The van der Waals surface area contributed by atoms with Crippen LogP contribution in [0.2, 0.25) is 0 Å². The Kier molecular flexibility index (Phi) is 5.94. The van der Waals surface area contributed by atoms with Gasteiger partial charge in [-0.2, -0.15) is 0 Å². The second kappa shape index (κ2) is 7.93. The summed E-state index contributed by atoms with van der Waals surface area (Å²) < 4.78 is 5.59. The number of esters is 1. The van der Waals surface area contributed by atoms with Crippen LogP contribution in [0.3, 0.4) is 0 Å². The van der Waals surface area contributed by atoms with E-state index in [1.54, 1.807) is 12.1 Å². The Balaban J connectivity index is 2.46. The maximum Gasteiger partial charge on any atom is 0.313 e. The van der Waals surface area contributed by atoms with E-state index in [0.717, 1.165) is 17.5 Å². The lowest BCUT2D eigenvalue weighted by atomic mass is 9.87. The lowest BCUT2D eigenvalue weighted by Crippen LogP contribution is -2.16. The standard InChI is InChI=1S/C20H24O3/c1-4-17(16-8-6-5-7-9-16)18-12-15(13-21)10-11-19(18)23-20(22)14(2)3/h5-12,14,17,21H,4,13H2,1-3H3/t17-/m1/s1. The van der Waals surface area contributed by atoms with Crippen LogP contribution in [-0.4, -0.2) is 11.1 Å². The molecule has 0 saturated carbocycles. The van der Waals surface area contributed by atoms with Crippen molar-refractivity contribution in [2.75, 3.05) is 0 Å². The molecule has 0 heterocycles. The maximum atomic E-state index is 12.0. The fourth-order valence-electron chi connectivity index (χ4n) is 2.61. The minimum atomic E-state index is -0.245. The summed E-state index contributed by atoms with van der Waals surface area (Å²) in [4.78, 5) is 12.0. The molecule has 0 radical (unpaired) electrons. The predicted octanol–water partition coefficient (Wildman–Crippen LogP) is 4.28. The number of carbonyl (C=O) groups is 1. The molecule has 122 valence electrons. The number of aliphatic hydroxyl groups excluding tert-OH is 1. The highest BCUT2D eigenvalue weighted by molar-refractivity contribution is 5.75. The van der Waals surface area contributed by atoms with Crippen LogP contribution in [-0.2, 0) is 11.4 Å². The van der Waals surface area contributed by atoms with Crippen molar-refractivity contribution in [1.29, 1.82) is 0 Å². The minimum absolute atomic E-state index is 0.0311. The van der Waals surface area contributed by atoms with E-state index in [4.69, 9.17) is 4.74 Å². The van der Waals surface area contributed by atoms with E-state index in [1.807, 2.05) is 38.1 Å². The van der Waals surface area contributed by atoms with Crippen molar-refractivity contribution in [3.8, 4) is 5.75 Å². The van der Waals surface area contributed by atoms with Crippen LogP contribution in [0.1, 0.15) is 49.8 Å². The maximum absolute atomic E-state index is 12.0. The van der Waals surface area contributed by atoms with E-state index >= 15 is 0 Å². The van der Waals surface area contributed by atoms with Crippen LogP contribution in [0.25, 0.3) is 0 Å². The van der Waals surface area contributed by atoms with Gasteiger partial charge < -0.3 is 9.84 Å². The zero-order valence-corrected chi connectivity index (χ0v) is 14.0. The highest BCUT2D eigenvalue weighted by atomic mass is 16.5. The van der Waals surface area contributed by atoms with Crippen LogP contribution < -0.4 is 4.74 Å². The molecule has 23 heavy (non-hydrogen) atoms.